The molecule has 1 aliphatic carbocycles. The van der Waals surface area contributed by atoms with Crippen LogP contribution in [0.2, 0.25) is 0 Å². The number of carbonyl (C=O) groups is 1. The number of aliphatic hydroxyl groups excluding tert-OH is 1. The molecular formula is C12H22O4. The second-order valence-corrected chi connectivity index (χ2v) is 5.45. The molecule has 16 heavy (non-hydrogen) atoms. The van der Waals surface area contributed by atoms with Gasteiger partial charge < -0.3 is 14.6 Å². The van der Waals surface area contributed by atoms with Crippen molar-refractivity contribution >= 4 is 5.97 Å². The van der Waals surface area contributed by atoms with Crippen LogP contribution in [0.4, 0.5) is 0 Å². The van der Waals surface area contributed by atoms with E-state index >= 15 is 0 Å². The molecular weight excluding hydrogens is 208 g/mol. The number of esters is 1. The molecule has 1 N–H and O–H groups in total. The summed E-state index contributed by atoms with van der Waals surface area (Å²) in [6.45, 7) is 7.95. The average Bonchev–Trinajstić information content (AvgIpc) is 2.89. The molecule has 94 valence electrons. The van der Waals surface area contributed by atoms with Gasteiger partial charge in [-0.3, -0.25) is 0 Å². The summed E-state index contributed by atoms with van der Waals surface area (Å²) in [5, 5.41) is 8.86. The van der Waals surface area contributed by atoms with Crippen LogP contribution >= 0.6 is 0 Å². The fraction of sp³-hybridized carbons (Fsp3) is 0.917. The van der Waals surface area contributed by atoms with Crippen molar-refractivity contribution in [1.82, 2.24) is 0 Å². The van der Waals surface area contributed by atoms with E-state index in [9.17, 15) is 4.79 Å². The molecule has 0 spiro atoms. The lowest BCUT2D eigenvalue weighted by Gasteiger charge is -2.22. The Balaban J connectivity index is 2.19. The summed E-state index contributed by atoms with van der Waals surface area (Å²) in [7, 11) is 0. The van der Waals surface area contributed by atoms with Gasteiger partial charge in [-0.05, 0) is 46.0 Å². The molecule has 0 bridgehead atoms. The summed E-state index contributed by atoms with van der Waals surface area (Å²) in [5.41, 5.74) is -0.470. The van der Waals surface area contributed by atoms with Crippen LogP contribution in [0.1, 0.15) is 34.1 Å². The fourth-order valence-corrected chi connectivity index (χ4v) is 1.46. The van der Waals surface area contributed by atoms with Crippen LogP contribution < -0.4 is 0 Å². The number of rotatable bonds is 5. The van der Waals surface area contributed by atoms with Crippen molar-refractivity contribution in [3.8, 4) is 0 Å². The van der Waals surface area contributed by atoms with Gasteiger partial charge >= 0.3 is 5.97 Å². The minimum Gasteiger partial charge on any atom is -0.458 e. The summed E-state index contributed by atoms with van der Waals surface area (Å²) in [6, 6.07) is 0. The van der Waals surface area contributed by atoms with Gasteiger partial charge in [-0.25, -0.2) is 4.79 Å². The van der Waals surface area contributed by atoms with Gasteiger partial charge in [-0.2, -0.15) is 0 Å². The predicted molar refractivity (Wildman–Crippen MR) is 59.9 cm³/mol. The summed E-state index contributed by atoms with van der Waals surface area (Å²) < 4.78 is 10.6. The molecule has 0 aromatic carbocycles. The SMILES string of the molecule is CC(OC[C@@H]1C[C@@H]1CO)C(=O)OC(C)(C)C. The third kappa shape index (κ3) is 4.49. The standard InChI is InChI=1S/C12H22O4/c1-8(11(14)16-12(2,3)4)15-7-10-5-9(10)6-13/h8-10,13H,5-7H2,1-4H3/t8?,9-,10+/m1/s1. The van der Waals surface area contributed by atoms with E-state index in [0.717, 1.165) is 6.42 Å². The van der Waals surface area contributed by atoms with Crippen molar-refractivity contribution < 1.29 is 19.4 Å². The van der Waals surface area contributed by atoms with E-state index in [2.05, 4.69) is 0 Å². The smallest absolute Gasteiger partial charge is 0.335 e. The van der Waals surface area contributed by atoms with Gasteiger partial charge in [0.25, 0.3) is 0 Å². The maximum Gasteiger partial charge on any atom is 0.335 e. The first kappa shape index (κ1) is 13.5. The van der Waals surface area contributed by atoms with Crippen LogP contribution in [0, 0.1) is 11.8 Å². The molecule has 0 aromatic heterocycles. The third-order valence-corrected chi connectivity index (χ3v) is 2.60. The molecule has 1 fully saturated rings. The minimum atomic E-state index is -0.529. The summed E-state index contributed by atoms with van der Waals surface area (Å²) in [4.78, 5) is 11.5. The Morgan fingerprint density at radius 2 is 2.06 bits per heavy atom. The van der Waals surface area contributed by atoms with E-state index in [1.165, 1.54) is 0 Å². The number of ether oxygens (including phenoxy) is 2. The molecule has 0 saturated heterocycles. The second kappa shape index (κ2) is 5.15. The zero-order valence-corrected chi connectivity index (χ0v) is 10.5. The molecule has 0 amide bonds. The normalized spacial score (nSPS) is 26.3. The van der Waals surface area contributed by atoms with Gasteiger partial charge in [-0.15, -0.1) is 0 Å². The van der Waals surface area contributed by atoms with Crippen LogP contribution in [0.15, 0.2) is 0 Å². The van der Waals surface area contributed by atoms with E-state index in [-0.39, 0.29) is 12.6 Å². The topological polar surface area (TPSA) is 55.8 Å². The van der Waals surface area contributed by atoms with E-state index < -0.39 is 11.7 Å². The molecule has 1 rings (SSSR count). The highest BCUT2D eigenvalue weighted by Crippen LogP contribution is 2.38. The van der Waals surface area contributed by atoms with Crippen LogP contribution in [-0.4, -0.2) is 36.0 Å². The summed E-state index contributed by atoms with van der Waals surface area (Å²) in [6.07, 6.45) is 0.469. The van der Waals surface area contributed by atoms with Crippen molar-refractivity contribution in [2.75, 3.05) is 13.2 Å². The van der Waals surface area contributed by atoms with Crippen LogP contribution in [0.3, 0.4) is 0 Å². The first-order valence-corrected chi connectivity index (χ1v) is 5.79. The Morgan fingerprint density at radius 1 is 1.44 bits per heavy atom. The van der Waals surface area contributed by atoms with Crippen molar-refractivity contribution in [3.63, 3.8) is 0 Å². The van der Waals surface area contributed by atoms with Crippen LogP contribution in [0.25, 0.3) is 0 Å². The molecule has 4 nitrogen and oxygen atoms in total. The predicted octanol–water partition coefficient (Wildman–Crippen LogP) is 1.36. The summed E-state index contributed by atoms with van der Waals surface area (Å²) in [5.74, 6) is 0.453. The zero-order chi connectivity index (χ0) is 12.3. The monoisotopic (exact) mass is 230 g/mol. The molecule has 1 unspecified atom stereocenters. The number of carbonyl (C=O) groups excluding carboxylic acids is 1. The second-order valence-electron chi connectivity index (χ2n) is 5.45. The Hall–Kier alpha value is -0.610. The number of hydrogen-bond acceptors (Lipinski definition) is 4. The molecule has 4 heteroatoms. The Kier molecular flexibility index (Phi) is 4.33. The van der Waals surface area contributed by atoms with Gasteiger partial charge in [-0.1, -0.05) is 0 Å². The minimum absolute atomic E-state index is 0.217. The van der Waals surface area contributed by atoms with Crippen LogP contribution in [0.5, 0.6) is 0 Å². The van der Waals surface area contributed by atoms with Crippen molar-refractivity contribution in [2.45, 2.75) is 45.8 Å². The van der Waals surface area contributed by atoms with E-state index in [4.69, 9.17) is 14.6 Å². The Morgan fingerprint density at radius 3 is 2.50 bits per heavy atom. The molecule has 3 atom stereocenters. The lowest BCUT2D eigenvalue weighted by Crippen LogP contribution is -2.32. The highest BCUT2D eigenvalue weighted by atomic mass is 16.6. The number of hydrogen-bond donors (Lipinski definition) is 1. The molecule has 0 heterocycles. The van der Waals surface area contributed by atoms with E-state index in [1.54, 1.807) is 6.92 Å². The van der Waals surface area contributed by atoms with Crippen molar-refractivity contribution in [2.24, 2.45) is 11.8 Å². The quantitative estimate of drug-likeness (QED) is 0.725. The molecule has 1 aliphatic rings. The van der Waals surface area contributed by atoms with Gasteiger partial charge in [0.15, 0.2) is 6.10 Å². The lowest BCUT2D eigenvalue weighted by atomic mass is 10.2. The maximum absolute atomic E-state index is 11.5. The van der Waals surface area contributed by atoms with Crippen LogP contribution in [-0.2, 0) is 14.3 Å². The highest BCUT2D eigenvalue weighted by Gasteiger charge is 2.37. The zero-order valence-electron chi connectivity index (χ0n) is 10.5. The van der Waals surface area contributed by atoms with E-state index in [0.29, 0.717) is 18.4 Å². The third-order valence-electron chi connectivity index (χ3n) is 2.60. The van der Waals surface area contributed by atoms with E-state index in [1.807, 2.05) is 20.8 Å². The largest absolute Gasteiger partial charge is 0.458 e. The van der Waals surface area contributed by atoms with Gasteiger partial charge in [0.05, 0.1) is 6.61 Å². The van der Waals surface area contributed by atoms with Gasteiger partial charge in [0.1, 0.15) is 5.60 Å². The average molecular weight is 230 g/mol. The highest BCUT2D eigenvalue weighted by molar-refractivity contribution is 5.74. The fourth-order valence-electron chi connectivity index (χ4n) is 1.46. The lowest BCUT2D eigenvalue weighted by molar-refractivity contribution is -0.167. The number of aliphatic hydroxyl groups is 1. The Bertz CT molecular complexity index is 244. The molecule has 1 saturated carbocycles. The molecule has 0 aromatic rings. The first-order valence-electron chi connectivity index (χ1n) is 5.79. The van der Waals surface area contributed by atoms with Gasteiger partial charge in [0.2, 0.25) is 0 Å². The Labute approximate surface area is 96.9 Å². The summed E-state index contributed by atoms with van der Waals surface area (Å²) >= 11 is 0. The van der Waals surface area contributed by atoms with Crippen molar-refractivity contribution in [1.29, 1.82) is 0 Å². The van der Waals surface area contributed by atoms with Crippen molar-refractivity contribution in [3.05, 3.63) is 0 Å². The maximum atomic E-state index is 11.5. The first-order chi connectivity index (χ1) is 7.33. The molecule has 0 radical (unpaired) electrons. The molecule has 0 aliphatic heterocycles. The van der Waals surface area contributed by atoms with Gasteiger partial charge in [0, 0.05) is 6.61 Å².